The SMILES string of the molecule is CN1CCN(CCC2CCN(C(=O)OC(C)(C)C)CC2)CC1. The Balaban J connectivity index is 1.64. The molecular weight excluding hydrogens is 278 g/mol. The summed E-state index contributed by atoms with van der Waals surface area (Å²) in [5.74, 6) is 0.762. The topological polar surface area (TPSA) is 36.0 Å². The van der Waals surface area contributed by atoms with E-state index in [1.54, 1.807) is 0 Å². The van der Waals surface area contributed by atoms with Gasteiger partial charge in [0, 0.05) is 39.3 Å². The Kier molecular flexibility index (Phi) is 6.09. The molecule has 0 aliphatic carbocycles. The van der Waals surface area contributed by atoms with Gasteiger partial charge in [-0.3, -0.25) is 0 Å². The highest BCUT2D eigenvalue weighted by Crippen LogP contribution is 2.22. The van der Waals surface area contributed by atoms with Crippen molar-refractivity contribution in [2.24, 2.45) is 5.92 Å². The number of rotatable bonds is 3. The minimum atomic E-state index is -0.393. The normalized spacial score (nSPS) is 22.8. The summed E-state index contributed by atoms with van der Waals surface area (Å²) in [6, 6.07) is 0. The molecule has 1 amide bonds. The number of amides is 1. The minimum Gasteiger partial charge on any atom is -0.444 e. The smallest absolute Gasteiger partial charge is 0.410 e. The molecule has 5 heteroatoms. The Hall–Kier alpha value is -0.810. The Morgan fingerprint density at radius 1 is 1.05 bits per heavy atom. The van der Waals surface area contributed by atoms with Crippen molar-refractivity contribution in [1.29, 1.82) is 0 Å². The lowest BCUT2D eigenvalue weighted by Crippen LogP contribution is -2.45. The average Bonchev–Trinajstić information content (AvgIpc) is 2.45. The molecule has 2 saturated heterocycles. The van der Waals surface area contributed by atoms with Crippen molar-refractivity contribution < 1.29 is 9.53 Å². The second-order valence-electron chi connectivity index (χ2n) is 7.84. The van der Waals surface area contributed by atoms with Gasteiger partial charge in [-0.25, -0.2) is 4.79 Å². The summed E-state index contributed by atoms with van der Waals surface area (Å²) in [6.07, 6.45) is 3.36. The van der Waals surface area contributed by atoms with Crippen molar-refractivity contribution in [1.82, 2.24) is 14.7 Å². The molecule has 128 valence electrons. The monoisotopic (exact) mass is 311 g/mol. The first-order chi connectivity index (χ1) is 10.3. The van der Waals surface area contributed by atoms with Crippen LogP contribution < -0.4 is 0 Å². The van der Waals surface area contributed by atoms with Crippen LogP contribution in [0.25, 0.3) is 0 Å². The molecule has 0 N–H and O–H groups in total. The van der Waals surface area contributed by atoms with E-state index in [2.05, 4.69) is 16.8 Å². The molecule has 0 aromatic rings. The summed E-state index contributed by atoms with van der Waals surface area (Å²) >= 11 is 0. The van der Waals surface area contributed by atoms with Gasteiger partial charge in [0.15, 0.2) is 0 Å². The van der Waals surface area contributed by atoms with Crippen LogP contribution in [0.2, 0.25) is 0 Å². The summed E-state index contributed by atoms with van der Waals surface area (Å²) in [5.41, 5.74) is -0.393. The van der Waals surface area contributed by atoms with Gasteiger partial charge in [-0.05, 0) is 59.5 Å². The van der Waals surface area contributed by atoms with Gasteiger partial charge < -0.3 is 19.4 Å². The highest BCUT2D eigenvalue weighted by molar-refractivity contribution is 5.68. The lowest BCUT2D eigenvalue weighted by molar-refractivity contribution is 0.0176. The Morgan fingerprint density at radius 2 is 1.64 bits per heavy atom. The zero-order chi connectivity index (χ0) is 16.2. The maximum atomic E-state index is 12.0. The molecule has 0 aromatic carbocycles. The average molecular weight is 311 g/mol. The van der Waals surface area contributed by atoms with E-state index in [-0.39, 0.29) is 6.09 Å². The lowest BCUT2D eigenvalue weighted by Gasteiger charge is -2.36. The Labute approximate surface area is 135 Å². The number of hydrogen-bond acceptors (Lipinski definition) is 4. The third-order valence-corrected chi connectivity index (χ3v) is 4.72. The molecule has 0 saturated carbocycles. The van der Waals surface area contributed by atoms with E-state index in [4.69, 9.17) is 4.74 Å². The number of nitrogens with zero attached hydrogens (tertiary/aromatic N) is 3. The second kappa shape index (κ2) is 7.64. The summed E-state index contributed by atoms with van der Waals surface area (Å²) < 4.78 is 5.45. The molecule has 0 spiro atoms. The van der Waals surface area contributed by atoms with Crippen molar-refractivity contribution in [3.05, 3.63) is 0 Å². The fourth-order valence-corrected chi connectivity index (χ4v) is 3.17. The number of carbonyl (C=O) groups excluding carboxylic acids is 1. The summed E-state index contributed by atoms with van der Waals surface area (Å²) in [6.45, 7) is 13.5. The van der Waals surface area contributed by atoms with E-state index >= 15 is 0 Å². The maximum Gasteiger partial charge on any atom is 0.410 e. The first-order valence-electron chi connectivity index (χ1n) is 8.72. The van der Waals surface area contributed by atoms with Crippen LogP contribution in [0, 0.1) is 5.92 Å². The van der Waals surface area contributed by atoms with Crippen LogP contribution >= 0.6 is 0 Å². The van der Waals surface area contributed by atoms with Crippen LogP contribution in [0.3, 0.4) is 0 Å². The van der Waals surface area contributed by atoms with E-state index in [9.17, 15) is 4.79 Å². The molecule has 22 heavy (non-hydrogen) atoms. The molecule has 2 heterocycles. The Bertz CT molecular complexity index is 351. The molecule has 0 unspecified atom stereocenters. The quantitative estimate of drug-likeness (QED) is 0.801. The summed E-state index contributed by atoms with van der Waals surface area (Å²) in [5, 5.41) is 0. The molecule has 2 aliphatic heterocycles. The highest BCUT2D eigenvalue weighted by atomic mass is 16.6. The van der Waals surface area contributed by atoms with E-state index in [0.717, 1.165) is 31.8 Å². The number of hydrogen-bond donors (Lipinski definition) is 0. The number of ether oxygens (including phenoxy) is 1. The largest absolute Gasteiger partial charge is 0.444 e. The van der Waals surface area contributed by atoms with Crippen molar-refractivity contribution in [3.63, 3.8) is 0 Å². The van der Waals surface area contributed by atoms with Gasteiger partial charge in [-0.1, -0.05) is 0 Å². The van der Waals surface area contributed by atoms with Gasteiger partial charge in [0.2, 0.25) is 0 Å². The molecule has 0 bridgehead atoms. The van der Waals surface area contributed by atoms with Gasteiger partial charge in [-0.15, -0.1) is 0 Å². The molecule has 2 rings (SSSR count). The van der Waals surface area contributed by atoms with Gasteiger partial charge in [0.1, 0.15) is 5.60 Å². The minimum absolute atomic E-state index is 0.148. The number of piperazine rings is 1. The van der Waals surface area contributed by atoms with Gasteiger partial charge >= 0.3 is 6.09 Å². The van der Waals surface area contributed by atoms with E-state index in [1.165, 1.54) is 39.1 Å². The number of likely N-dealkylation sites (N-methyl/N-ethyl adjacent to an activating group) is 1. The van der Waals surface area contributed by atoms with Crippen LogP contribution in [0.4, 0.5) is 4.79 Å². The first-order valence-corrected chi connectivity index (χ1v) is 8.72. The zero-order valence-corrected chi connectivity index (χ0v) is 14.8. The third kappa shape index (κ3) is 5.76. The van der Waals surface area contributed by atoms with Crippen molar-refractivity contribution >= 4 is 6.09 Å². The van der Waals surface area contributed by atoms with Gasteiger partial charge in [0.05, 0.1) is 0 Å². The molecule has 0 atom stereocenters. The third-order valence-electron chi connectivity index (χ3n) is 4.72. The fraction of sp³-hybridized carbons (Fsp3) is 0.941. The standard InChI is InChI=1S/C17H33N3O2/c1-17(2,3)22-16(21)20-9-6-15(7-10-20)5-8-19-13-11-18(4)12-14-19/h15H,5-14H2,1-4H3. The predicted molar refractivity (Wildman–Crippen MR) is 89.1 cm³/mol. The molecule has 2 aliphatic rings. The molecule has 0 radical (unpaired) electrons. The summed E-state index contributed by atoms with van der Waals surface area (Å²) in [4.78, 5) is 18.9. The molecule has 0 aromatic heterocycles. The molecule has 5 nitrogen and oxygen atoms in total. The number of carbonyl (C=O) groups is 1. The van der Waals surface area contributed by atoms with Crippen LogP contribution in [-0.4, -0.2) is 79.3 Å². The lowest BCUT2D eigenvalue weighted by atomic mass is 9.93. The zero-order valence-electron chi connectivity index (χ0n) is 14.8. The van der Waals surface area contributed by atoms with Crippen LogP contribution in [0.15, 0.2) is 0 Å². The van der Waals surface area contributed by atoms with E-state index < -0.39 is 5.60 Å². The van der Waals surface area contributed by atoms with Crippen molar-refractivity contribution in [2.45, 2.75) is 45.6 Å². The van der Waals surface area contributed by atoms with E-state index in [0.29, 0.717) is 0 Å². The Morgan fingerprint density at radius 3 is 2.18 bits per heavy atom. The van der Waals surface area contributed by atoms with E-state index in [1.807, 2.05) is 25.7 Å². The molecular formula is C17H33N3O2. The van der Waals surface area contributed by atoms with Gasteiger partial charge in [0.25, 0.3) is 0 Å². The second-order valence-corrected chi connectivity index (χ2v) is 7.84. The van der Waals surface area contributed by atoms with Crippen LogP contribution in [0.5, 0.6) is 0 Å². The van der Waals surface area contributed by atoms with Crippen LogP contribution in [0.1, 0.15) is 40.0 Å². The number of likely N-dealkylation sites (tertiary alicyclic amines) is 1. The predicted octanol–water partition coefficient (Wildman–Crippen LogP) is 2.27. The van der Waals surface area contributed by atoms with Crippen molar-refractivity contribution in [3.8, 4) is 0 Å². The highest BCUT2D eigenvalue weighted by Gasteiger charge is 2.27. The van der Waals surface area contributed by atoms with Crippen molar-refractivity contribution in [2.75, 3.05) is 52.9 Å². The van der Waals surface area contributed by atoms with Crippen LogP contribution in [-0.2, 0) is 4.74 Å². The first kappa shape index (κ1) is 17.5. The maximum absolute atomic E-state index is 12.0. The van der Waals surface area contributed by atoms with Gasteiger partial charge in [-0.2, -0.15) is 0 Å². The fourth-order valence-electron chi connectivity index (χ4n) is 3.17. The molecule has 2 fully saturated rings. The summed E-state index contributed by atoms with van der Waals surface area (Å²) in [7, 11) is 2.20. The number of piperidine rings is 1.